The topological polar surface area (TPSA) is 81.2 Å². The molecule has 0 bridgehead atoms. The highest BCUT2D eigenvalue weighted by atomic mass is 35.5. The zero-order chi connectivity index (χ0) is 23.8. The van der Waals surface area contributed by atoms with Gasteiger partial charge in [0.1, 0.15) is 6.04 Å². The molecule has 0 unspecified atom stereocenters. The molecular formula is C24H31Cl2N3O4. The molecule has 9 heteroatoms. The summed E-state index contributed by atoms with van der Waals surface area (Å²) in [5.41, 5.74) is 0.835. The number of aliphatic hydroxyl groups is 1. The fourth-order valence-corrected chi connectivity index (χ4v) is 5.31. The van der Waals surface area contributed by atoms with E-state index in [1.165, 1.54) is 0 Å². The molecule has 0 radical (unpaired) electrons. The van der Waals surface area contributed by atoms with Crippen molar-refractivity contribution in [1.82, 2.24) is 14.7 Å². The first-order valence-electron chi connectivity index (χ1n) is 11.7. The number of hydrogen-bond donors (Lipinski definition) is 1. The number of piperazine rings is 1. The molecule has 1 N–H and O–H groups in total. The van der Waals surface area contributed by atoms with Gasteiger partial charge in [-0.1, -0.05) is 29.3 Å². The third-order valence-corrected chi connectivity index (χ3v) is 8.19. The second-order valence-electron chi connectivity index (χ2n) is 9.59. The van der Waals surface area contributed by atoms with Gasteiger partial charge in [-0.05, 0) is 55.7 Å². The van der Waals surface area contributed by atoms with Gasteiger partial charge in [-0.25, -0.2) is 0 Å². The van der Waals surface area contributed by atoms with Gasteiger partial charge in [-0.3, -0.25) is 14.4 Å². The number of rotatable bonds is 6. The Bertz CT molecular complexity index is 936. The molecule has 1 aliphatic carbocycles. The van der Waals surface area contributed by atoms with Crippen molar-refractivity contribution in [2.45, 2.75) is 57.6 Å². The molecule has 180 valence electrons. The summed E-state index contributed by atoms with van der Waals surface area (Å²) in [5.74, 6) is -0.179. The fraction of sp³-hybridized carbons (Fsp3) is 0.625. The first kappa shape index (κ1) is 24.3. The number of β-amino-alcohol motifs (C(OH)–C–C–N with tert-alkyl or cyclic N) is 1. The molecule has 7 nitrogen and oxygen atoms in total. The standard InChI is InChI=1S/C24H31Cl2N3O4/c1-16-23(33)27(9-2-3-21(31)28-10-8-24(6-7-24)20(30)15-28)11-12-29(16)22(32)14-17-4-5-18(25)19(26)13-17/h4-5,13,16,20,30H,2-3,6-12,14-15H2,1H3/t16-,20+/m0/s1. The molecule has 4 rings (SSSR count). The maximum Gasteiger partial charge on any atom is 0.245 e. The van der Waals surface area contributed by atoms with E-state index in [2.05, 4.69) is 0 Å². The molecule has 1 aromatic rings. The predicted molar refractivity (Wildman–Crippen MR) is 126 cm³/mol. The molecule has 3 aliphatic rings. The van der Waals surface area contributed by atoms with Crippen LogP contribution in [0.3, 0.4) is 0 Å². The van der Waals surface area contributed by atoms with Crippen molar-refractivity contribution in [3.05, 3.63) is 33.8 Å². The van der Waals surface area contributed by atoms with Gasteiger partial charge >= 0.3 is 0 Å². The summed E-state index contributed by atoms with van der Waals surface area (Å²) in [6, 6.07) is 4.55. The Labute approximate surface area is 204 Å². The third-order valence-electron chi connectivity index (χ3n) is 7.45. The summed E-state index contributed by atoms with van der Waals surface area (Å²) < 4.78 is 0. The lowest BCUT2D eigenvalue weighted by Crippen LogP contribution is -2.58. The lowest BCUT2D eigenvalue weighted by Gasteiger charge is -2.39. The van der Waals surface area contributed by atoms with Crippen LogP contribution in [0, 0.1) is 5.41 Å². The number of halogens is 2. The molecule has 2 saturated heterocycles. The highest BCUT2D eigenvalue weighted by Crippen LogP contribution is 2.53. The summed E-state index contributed by atoms with van der Waals surface area (Å²) in [7, 11) is 0. The predicted octanol–water partition coefficient (Wildman–Crippen LogP) is 2.75. The van der Waals surface area contributed by atoms with Crippen LogP contribution >= 0.6 is 23.2 Å². The zero-order valence-electron chi connectivity index (χ0n) is 18.9. The van der Waals surface area contributed by atoms with E-state index in [0.717, 1.165) is 24.8 Å². The van der Waals surface area contributed by atoms with Crippen molar-refractivity contribution >= 4 is 40.9 Å². The number of piperidine rings is 1. The minimum atomic E-state index is -0.545. The smallest absolute Gasteiger partial charge is 0.245 e. The van der Waals surface area contributed by atoms with E-state index in [0.29, 0.717) is 55.6 Å². The number of carbonyl (C=O) groups is 3. The van der Waals surface area contributed by atoms with Crippen molar-refractivity contribution < 1.29 is 19.5 Å². The number of carbonyl (C=O) groups excluding carboxylic acids is 3. The maximum atomic E-state index is 12.9. The Morgan fingerprint density at radius 1 is 1.09 bits per heavy atom. The van der Waals surface area contributed by atoms with Gasteiger partial charge in [0.15, 0.2) is 0 Å². The lowest BCUT2D eigenvalue weighted by molar-refractivity contribution is -0.150. The third kappa shape index (κ3) is 5.31. The maximum absolute atomic E-state index is 12.9. The number of hydrogen-bond acceptors (Lipinski definition) is 4. The molecule has 0 aromatic heterocycles. The van der Waals surface area contributed by atoms with Gasteiger partial charge in [0, 0.05) is 39.1 Å². The summed E-state index contributed by atoms with van der Waals surface area (Å²) >= 11 is 12.0. The van der Waals surface area contributed by atoms with E-state index in [1.807, 2.05) is 0 Å². The molecule has 2 aliphatic heterocycles. The van der Waals surface area contributed by atoms with Crippen molar-refractivity contribution in [3.8, 4) is 0 Å². The van der Waals surface area contributed by atoms with E-state index in [9.17, 15) is 19.5 Å². The van der Waals surface area contributed by atoms with E-state index in [4.69, 9.17) is 23.2 Å². The van der Waals surface area contributed by atoms with E-state index in [-0.39, 0.29) is 29.6 Å². The highest BCUT2D eigenvalue weighted by Gasteiger charge is 2.51. The number of nitrogens with zero attached hydrogens (tertiary/aromatic N) is 3. The molecule has 3 amide bonds. The molecular weight excluding hydrogens is 465 g/mol. The minimum absolute atomic E-state index is 0.0421. The number of likely N-dealkylation sites (tertiary alicyclic amines) is 1. The van der Waals surface area contributed by atoms with Crippen LogP contribution in [-0.2, 0) is 20.8 Å². The Hall–Kier alpha value is -1.83. The van der Waals surface area contributed by atoms with E-state index >= 15 is 0 Å². The SMILES string of the molecule is C[C@H]1C(=O)N(CCCC(=O)N2CCC3(CC3)[C@H](O)C2)CCN1C(=O)Cc1ccc(Cl)c(Cl)c1. The number of aliphatic hydroxyl groups excluding tert-OH is 1. The van der Waals surface area contributed by atoms with Gasteiger partial charge in [0.25, 0.3) is 0 Å². The van der Waals surface area contributed by atoms with Crippen LogP contribution in [0.2, 0.25) is 10.0 Å². The van der Waals surface area contributed by atoms with Gasteiger partial charge in [-0.2, -0.15) is 0 Å². The van der Waals surface area contributed by atoms with Crippen molar-refractivity contribution in [1.29, 1.82) is 0 Å². The lowest BCUT2D eigenvalue weighted by atomic mass is 9.90. The quantitative estimate of drug-likeness (QED) is 0.657. The molecule has 33 heavy (non-hydrogen) atoms. The Balaban J connectivity index is 1.22. The van der Waals surface area contributed by atoms with Gasteiger partial charge in [0.2, 0.25) is 17.7 Å². The molecule has 2 heterocycles. The minimum Gasteiger partial charge on any atom is -0.391 e. The molecule has 3 fully saturated rings. The average Bonchev–Trinajstić information content (AvgIpc) is 3.56. The van der Waals surface area contributed by atoms with Crippen molar-refractivity contribution in [2.75, 3.05) is 32.7 Å². The normalized spacial score (nSPS) is 24.4. The first-order valence-corrected chi connectivity index (χ1v) is 12.4. The van der Waals surface area contributed by atoms with Crippen LogP contribution in [0.1, 0.15) is 44.6 Å². The molecule has 1 aromatic carbocycles. The summed E-state index contributed by atoms with van der Waals surface area (Å²) in [6.07, 6.45) is 3.70. The van der Waals surface area contributed by atoms with Crippen LogP contribution in [-0.4, -0.2) is 82.4 Å². The summed E-state index contributed by atoms with van der Waals surface area (Å²) in [4.78, 5) is 43.3. The van der Waals surface area contributed by atoms with E-state index < -0.39 is 12.1 Å². The van der Waals surface area contributed by atoms with Crippen LogP contribution < -0.4 is 0 Å². The highest BCUT2D eigenvalue weighted by molar-refractivity contribution is 6.42. The molecule has 1 spiro atoms. The fourth-order valence-electron chi connectivity index (χ4n) is 4.99. The second-order valence-corrected chi connectivity index (χ2v) is 10.4. The number of amides is 3. The van der Waals surface area contributed by atoms with Crippen LogP contribution in [0.25, 0.3) is 0 Å². The molecule has 1 saturated carbocycles. The largest absolute Gasteiger partial charge is 0.391 e. The second kappa shape index (κ2) is 9.80. The zero-order valence-corrected chi connectivity index (χ0v) is 20.4. The summed E-state index contributed by atoms with van der Waals surface area (Å²) in [6.45, 7) is 4.29. The van der Waals surface area contributed by atoms with Gasteiger partial charge < -0.3 is 19.8 Å². The number of benzene rings is 1. The summed E-state index contributed by atoms with van der Waals surface area (Å²) in [5, 5.41) is 11.1. The van der Waals surface area contributed by atoms with Gasteiger partial charge in [0.05, 0.1) is 22.6 Å². The Morgan fingerprint density at radius 2 is 1.85 bits per heavy atom. The monoisotopic (exact) mass is 495 g/mol. The van der Waals surface area contributed by atoms with Crippen molar-refractivity contribution in [3.63, 3.8) is 0 Å². The average molecular weight is 496 g/mol. The Kier molecular flexibility index (Phi) is 7.22. The van der Waals surface area contributed by atoms with Crippen LogP contribution in [0.5, 0.6) is 0 Å². The van der Waals surface area contributed by atoms with Crippen molar-refractivity contribution in [2.24, 2.45) is 5.41 Å². The van der Waals surface area contributed by atoms with E-state index in [1.54, 1.807) is 39.8 Å². The Morgan fingerprint density at radius 3 is 2.52 bits per heavy atom. The van der Waals surface area contributed by atoms with Crippen LogP contribution in [0.15, 0.2) is 18.2 Å². The first-order chi connectivity index (χ1) is 15.7. The molecule has 2 atom stereocenters. The van der Waals surface area contributed by atoms with Crippen LogP contribution in [0.4, 0.5) is 0 Å². The van der Waals surface area contributed by atoms with Gasteiger partial charge in [-0.15, -0.1) is 0 Å².